The van der Waals surface area contributed by atoms with E-state index in [4.69, 9.17) is 11.6 Å². The minimum Gasteiger partial charge on any atom is -1.00 e. The third-order valence-electron chi connectivity index (χ3n) is 14.5. The van der Waals surface area contributed by atoms with Crippen molar-refractivity contribution in [3.05, 3.63) is 191 Å². The van der Waals surface area contributed by atoms with Gasteiger partial charge in [-0.3, -0.25) is 44.9 Å². The quantitative estimate of drug-likeness (QED) is 0.0595. The van der Waals surface area contributed by atoms with Crippen LogP contribution in [0.2, 0.25) is 0 Å². The molecule has 4 aliphatic rings. The predicted octanol–water partition coefficient (Wildman–Crippen LogP) is 13.1. The molecule has 2 aromatic heterocycles. The summed E-state index contributed by atoms with van der Waals surface area (Å²) in [5, 5.41) is 37.7. The molecule has 0 aliphatic carbocycles. The molecule has 6 heterocycles. The Bertz CT molecular complexity index is 3290. The first-order valence-corrected chi connectivity index (χ1v) is 29.3. The average Bonchev–Trinajstić information content (AvgIpc) is 2.05. The molecule has 32 heteroatoms. The number of benzene rings is 4. The summed E-state index contributed by atoms with van der Waals surface area (Å²) in [4.78, 5) is 64.9. The highest BCUT2D eigenvalue weighted by molar-refractivity contribution is 6.67. The first-order chi connectivity index (χ1) is 43.4. The fraction of sp³-hybridized carbons (Fsp3) is 0.410. The van der Waals surface area contributed by atoms with Crippen molar-refractivity contribution in [2.75, 3.05) is 72.4 Å². The van der Waals surface area contributed by atoms with E-state index < -0.39 is 89.9 Å². The summed E-state index contributed by atoms with van der Waals surface area (Å²) in [7, 11) is 0. The molecule has 4 aliphatic heterocycles. The van der Waals surface area contributed by atoms with Crippen molar-refractivity contribution in [1.29, 1.82) is 0 Å². The summed E-state index contributed by atoms with van der Waals surface area (Å²) in [6.45, 7) is 8.00. The summed E-state index contributed by atoms with van der Waals surface area (Å²) in [5.41, 5.74) is -2.80. The number of halogens is 14. The highest BCUT2D eigenvalue weighted by Gasteiger charge is 2.37. The molecule has 4 fully saturated rings. The second-order valence-electron chi connectivity index (χ2n) is 21.1. The predicted molar refractivity (Wildman–Crippen MR) is 321 cm³/mol. The first kappa shape index (κ1) is 77.1. The van der Waals surface area contributed by atoms with Gasteiger partial charge in [0.05, 0.1) is 48.4 Å². The molecule has 506 valence electrons. The van der Waals surface area contributed by atoms with Crippen molar-refractivity contribution >= 4 is 62.6 Å². The number of alkyl halides is 12. The normalized spacial score (nSPS) is 14.9. The molecular formula is C61H66Cl2F12N10O8. The van der Waals surface area contributed by atoms with Gasteiger partial charge in [0.1, 0.15) is 11.4 Å². The number of aromatic nitrogens is 2. The van der Waals surface area contributed by atoms with Gasteiger partial charge in [0.15, 0.2) is 12.4 Å². The smallest absolute Gasteiger partial charge is 0.416 e. The van der Waals surface area contributed by atoms with E-state index >= 15 is 0 Å². The number of nitro benzene ring substituents is 3. The van der Waals surface area contributed by atoms with E-state index in [1.807, 2.05) is 4.90 Å². The monoisotopic (exact) mass is 1360 g/mol. The zero-order chi connectivity index (χ0) is 67.8. The fourth-order valence-corrected chi connectivity index (χ4v) is 9.85. The minimum atomic E-state index is -4.56. The lowest BCUT2D eigenvalue weighted by molar-refractivity contribution is -0.385. The Balaban J connectivity index is 0.000000248. The number of pyridine rings is 2. The molecule has 6 aromatic rings. The van der Waals surface area contributed by atoms with Crippen molar-refractivity contribution in [2.24, 2.45) is 0 Å². The molecule has 0 atom stereocenters. The largest absolute Gasteiger partial charge is 1.00 e. The highest BCUT2D eigenvalue weighted by atomic mass is 35.5. The van der Waals surface area contributed by atoms with Crippen LogP contribution in [0.3, 0.4) is 0 Å². The molecule has 4 saturated heterocycles. The average molecular weight is 1370 g/mol. The summed E-state index contributed by atoms with van der Waals surface area (Å²) < 4.78 is 151. The van der Waals surface area contributed by atoms with Crippen LogP contribution in [0, 0.1) is 37.3 Å². The molecule has 0 spiro atoms. The van der Waals surface area contributed by atoms with E-state index in [0.717, 1.165) is 107 Å². The molecule has 18 nitrogen and oxygen atoms in total. The number of nitrogens with one attached hydrogen (secondary N) is 3. The van der Waals surface area contributed by atoms with Crippen molar-refractivity contribution in [3.8, 4) is 0 Å². The number of carbonyl (C=O) groups is 2. The van der Waals surface area contributed by atoms with Gasteiger partial charge in [-0.25, -0.2) is 4.98 Å². The SMILES string of the molecule is C1CCNCC1.Cc1ccc(C(F)(F)F)cc1[N+](=O)[O-].O=C(Cl)c1cc[nH+]cc1.O=C(Nc1cc(C(F)(F)F)ccc1N1CCCCC1)c1ccncc1.O=[N+]([O-])c1cc(C(F)(F)F)ccc1N1CCCCC1.O=[N+]([O-])c1cc(C(F)(F)F)ccc1N1CCCCC1.[Cl-]. The molecular weight excluding hydrogens is 1300 g/mol. The van der Waals surface area contributed by atoms with Gasteiger partial charge >= 0.3 is 24.7 Å². The number of aryl methyl sites for hydroxylation is 1. The lowest BCUT2D eigenvalue weighted by atomic mass is 10.1. The van der Waals surface area contributed by atoms with Crippen LogP contribution in [-0.4, -0.2) is 83.3 Å². The lowest BCUT2D eigenvalue weighted by Crippen LogP contribution is -3.00. The van der Waals surface area contributed by atoms with Crippen LogP contribution in [0.25, 0.3) is 0 Å². The Morgan fingerprint density at radius 3 is 1.16 bits per heavy atom. The van der Waals surface area contributed by atoms with Crippen LogP contribution in [0.15, 0.2) is 122 Å². The number of hydrogen-bond donors (Lipinski definition) is 2. The van der Waals surface area contributed by atoms with Gasteiger partial charge in [0.2, 0.25) is 0 Å². The van der Waals surface area contributed by atoms with Crippen molar-refractivity contribution in [3.63, 3.8) is 0 Å². The molecule has 4 aromatic carbocycles. The highest BCUT2D eigenvalue weighted by Crippen LogP contribution is 2.41. The molecule has 0 saturated carbocycles. The van der Waals surface area contributed by atoms with Gasteiger partial charge in [-0.1, -0.05) is 12.5 Å². The number of aromatic amines is 1. The third-order valence-corrected chi connectivity index (χ3v) is 14.7. The van der Waals surface area contributed by atoms with Gasteiger partial charge in [-0.2, -0.15) is 52.7 Å². The van der Waals surface area contributed by atoms with E-state index in [1.54, 1.807) is 34.3 Å². The van der Waals surface area contributed by atoms with Crippen LogP contribution < -0.4 is 42.7 Å². The Labute approximate surface area is 537 Å². The van der Waals surface area contributed by atoms with Gasteiger partial charge < -0.3 is 37.7 Å². The lowest BCUT2D eigenvalue weighted by Gasteiger charge is -2.31. The topological polar surface area (TPSA) is 224 Å². The number of carbonyl (C=O) groups excluding carboxylic acids is 2. The zero-order valence-electron chi connectivity index (χ0n) is 49.9. The maximum atomic E-state index is 13.1. The molecule has 10 rings (SSSR count). The summed E-state index contributed by atoms with van der Waals surface area (Å²) in [6.07, 6.45) is 1.08. The molecule has 1 amide bonds. The number of H-pyrrole nitrogens is 1. The molecule has 3 N–H and O–H groups in total. The Morgan fingerprint density at radius 1 is 0.484 bits per heavy atom. The van der Waals surface area contributed by atoms with Gasteiger partial charge in [-0.15, -0.1) is 0 Å². The van der Waals surface area contributed by atoms with Crippen molar-refractivity contribution in [2.45, 2.75) is 109 Å². The Hall–Kier alpha value is -8.38. The van der Waals surface area contributed by atoms with Crippen LogP contribution in [0.4, 0.5) is 92.5 Å². The zero-order valence-corrected chi connectivity index (χ0v) is 51.4. The Kier molecular flexibility index (Phi) is 30.0. The number of anilines is 4. The summed E-state index contributed by atoms with van der Waals surface area (Å²) >= 11 is 5.15. The molecule has 0 radical (unpaired) electrons. The van der Waals surface area contributed by atoms with Crippen LogP contribution >= 0.6 is 11.6 Å². The van der Waals surface area contributed by atoms with E-state index in [0.29, 0.717) is 61.2 Å². The summed E-state index contributed by atoms with van der Waals surface area (Å²) in [5.74, 6) is -0.458. The van der Waals surface area contributed by atoms with Crippen LogP contribution in [0.5, 0.6) is 0 Å². The van der Waals surface area contributed by atoms with E-state index in [-0.39, 0.29) is 35.0 Å². The van der Waals surface area contributed by atoms with E-state index in [9.17, 15) is 92.6 Å². The van der Waals surface area contributed by atoms with Crippen LogP contribution in [0.1, 0.15) is 126 Å². The van der Waals surface area contributed by atoms with Crippen molar-refractivity contribution < 1.29 is 94.4 Å². The second-order valence-corrected chi connectivity index (χ2v) is 21.5. The van der Waals surface area contributed by atoms with E-state index in [1.165, 1.54) is 82.0 Å². The first-order valence-electron chi connectivity index (χ1n) is 28.9. The van der Waals surface area contributed by atoms with Crippen molar-refractivity contribution in [1.82, 2.24) is 10.3 Å². The summed E-state index contributed by atoms with van der Waals surface area (Å²) in [6, 6.07) is 17.7. The third kappa shape index (κ3) is 24.9. The maximum Gasteiger partial charge on any atom is 0.416 e. The molecule has 0 bridgehead atoms. The maximum absolute atomic E-state index is 13.1. The van der Waals surface area contributed by atoms with Gasteiger partial charge in [0, 0.05) is 98.7 Å². The minimum absolute atomic E-state index is 0. The number of piperidine rings is 4. The molecule has 0 unspecified atom stereocenters. The van der Waals surface area contributed by atoms with Crippen LogP contribution in [-0.2, 0) is 24.7 Å². The van der Waals surface area contributed by atoms with Gasteiger partial charge in [-0.05, 0) is 163 Å². The Morgan fingerprint density at radius 2 is 0.828 bits per heavy atom. The van der Waals surface area contributed by atoms with E-state index in [2.05, 4.69) is 20.6 Å². The number of nitro groups is 3. The van der Waals surface area contributed by atoms with Gasteiger partial charge in [0.25, 0.3) is 28.2 Å². The standard InChI is InChI=1S/C18H18F3N3O.2C12H13F3N2O2.C8H6F3NO2.C6H4ClNO.C5H11N.ClH/c19-18(20,21)14-4-5-16(24-10-2-1-3-11-24)15(12-14)23-17(25)13-6-8-22-9-7-13;2*13-12(14,15)9-4-5-10(11(8-9)17(18)19)16-6-2-1-3-7-16;1-5-2-3-6(8(9,10)11)4-7(5)12(13)14;7-6(9)5-1-3-8-4-2-5;1-2-4-6-5-3-1;/h4-9,12H,1-3,10-11H2,(H,23,25);2*4-5,8H,1-3,6-7H2;2-4H,1H3;1-4H;6H,1-5H2;1H. The second kappa shape index (κ2) is 36.2. The molecule has 93 heavy (non-hydrogen) atoms. The number of hydrogen-bond acceptors (Lipinski definition) is 13. The fourth-order valence-electron chi connectivity index (χ4n) is 9.72. The number of amides is 1. The number of nitrogens with zero attached hydrogens (tertiary/aromatic N) is 7. The number of rotatable bonds is 9.